The van der Waals surface area contributed by atoms with Gasteiger partial charge in [0.25, 0.3) is 0 Å². The highest BCUT2D eigenvalue weighted by atomic mass is 35.5. The summed E-state index contributed by atoms with van der Waals surface area (Å²) in [4.78, 5) is 0. The van der Waals surface area contributed by atoms with Crippen molar-refractivity contribution in [2.45, 2.75) is 18.9 Å². The molecule has 2 nitrogen and oxygen atoms in total. The lowest BCUT2D eigenvalue weighted by Crippen LogP contribution is -2.09. The highest BCUT2D eigenvalue weighted by Crippen LogP contribution is 2.25. The van der Waals surface area contributed by atoms with E-state index in [2.05, 4.69) is 0 Å². The number of hydrogen-bond donors (Lipinski definition) is 0. The van der Waals surface area contributed by atoms with Crippen LogP contribution >= 0.6 is 23.2 Å². The van der Waals surface area contributed by atoms with Crippen molar-refractivity contribution in [2.75, 3.05) is 0 Å². The average molecular weight is 230 g/mol. The fraction of sp³-hybridized carbons (Fsp3) is 0.300. The largest absolute Gasteiger partial charge is 0.476 e. The number of hydrogen-bond acceptors (Lipinski definition) is 2. The van der Waals surface area contributed by atoms with Gasteiger partial charge in [0.2, 0.25) is 0 Å². The molecule has 0 aliphatic carbocycles. The molecule has 0 aromatic heterocycles. The van der Waals surface area contributed by atoms with Crippen molar-refractivity contribution < 1.29 is 4.74 Å². The minimum Gasteiger partial charge on any atom is -0.476 e. The van der Waals surface area contributed by atoms with E-state index in [-0.39, 0.29) is 0 Å². The molecule has 0 aliphatic heterocycles. The highest BCUT2D eigenvalue weighted by Gasteiger charge is 2.07. The Morgan fingerprint density at radius 2 is 2.29 bits per heavy atom. The van der Waals surface area contributed by atoms with Gasteiger partial charge in [-0.1, -0.05) is 11.6 Å². The molecule has 1 unspecified atom stereocenters. The molecule has 74 valence electrons. The average Bonchev–Trinajstić information content (AvgIpc) is 2.20. The van der Waals surface area contributed by atoms with E-state index in [1.807, 2.05) is 6.07 Å². The Kier molecular flexibility index (Phi) is 4.06. The number of nitrogens with zero attached hydrogens (tertiary/aromatic N) is 1. The lowest BCUT2D eigenvalue weighted by molar-refractivity contribution is 0.274. The second-order valence-corrected chi connectivity index (χ2v) is 3.48. The molecule has 1 aromatic rings. The zero-order chi connectivity index (χ0) is 10.6. The molecule has 1 aromatic carbocycles. The first kappa shape index (κ1) is 11.2. The molecule has 0 saturated carbocycles. The summed E-state index contributed by atoms with van der Waals surface area (Å²) in [5.74, 6) is 0.923. The van der Waals surface area contributed by atoms with Gasteiger partial charge in [-0.2, -0.15) is 5.26 Å². The first-order valence-electron chi connectivity index (χ1n) is 4.08. The van der Waals surface area contributed by atoms with Crippen LogP contribution in [0.2, 0.25) is 5.02 Å². The summed E-state index contributed by atoms with van der Waals surface area (Å²) in [7, 11) is 0. The van der Waals surface area contributed by atoms with Gasteiger partial charge in [0.05, 0.1) is 5.88 Å². The van der Waals surface area contributed by atoms with E-state index in [9.17, 15) is 0 Å². The van der Waals surface area contributed by atoms with Gasteiger partial charge in [-0.3, -0.25) is 0 Å². The summed E-state index contributed by atoms with van der Waals surface area (Å²) in [6, 6.07) is 7.13. The van der Waals surface area contributed by atoms with Crippen molar-refractivity contribution in [2.24, 2.45) is 0 Å². The van der Waals surface area contributed by atoms with Crippen LogP contribution in [-0.4, -0.2) is 6.10 Å². The van der Waals surface area contributed by atoms with Gasteiger partial charge in [0.15, 0.2) is 6.10 Å². The molecule has 0 bridgehead atoms. The fourth-order valence-corrected chi connectivity index (χ4v) is 1.39. The van der Waals surface area contributed by atoms with Crippen LogP contribution in [0.4, 0.5) is 0 Å². The summed E-state index contributed by atoms with van der Waals surface area (Å²) in [6.07, 6.45) is -0.488. The maximum absolute atomic E-state index is 8.58. The van der Waals surface area contributed by atoms with Crippen molar-refractivity contribution in [1.29, 1.82) is 5.26 Å². The maximum Gasteiger partial charge on any atom is 0.181 e. The van der Waals surface area contributed by atoms with Gasteiger partial charge < -0.3 is 4.74 Å². The van der Waals surface area contributed by atoms with E-state index in [1.54, 1.807) is 25.1 Å². The Balaban J connectivity index is 2.92. The van der Waals surface area contributed by atoms with Crippen molar-refractivity contribution >= 4 is 23.2 Å². The molecule has 0 heterocycles. The second kappa shape index (κ2) is 5.09. The van der Waals surface area contributed by atoms with Crippen LogP contribution < -0.4 is 4.74 Å². The van der Waals surface area contributed by atoms with Crippen LogP contribution in [-0.2, 0) is 5.88 Å². The minimum absolute atomic E-state index is 0.314. The zero-order valence-corrected chi connectivity index (χ0v) is 9.14. The molecule has 1 atom stereocenters. The molecule has 1 rings (SSSR count). The van der Waals surface area contributed by atoms with Crippen molar-refractivity contribution in [3.8, 4) is 11.8 Å². The number of nitriles is 1. The van der Waals surface area contributed by atoms with Gasteiger partial charge in [0, 0.05) is 10.6 Å². The van der Waals surface area contributed by atoms with E-state index in [0.717, 1.165) is 5.56 Å². The van der Waals surface area contributed by atoms with Crippen molar-refractivity contribution in [1.82, 2.24) is 0 Å². The van der Waals surface area contributed by atoms with Gasteiger partial charge >= 0.3 is 0 Å². The fourth-order valence-electron chi connectivity index (χ4n) is 0.984. The molecular formula is C10H9Cl2NO. The third-order valence-electron chi connectivity index (χ3n) is 1.65. The summed E-state index contributed by atoms with van der Waals surface area (Å²) < 4.78 is 5.34. The zero-order valence-electron chi connectivity index (χ0n) is 7.63. The molecule has 0 N–H and O–H groups in total. The molecule has 14 heavy (non-hydrogen) atoms. The SMILES string of the molecule is CC(C#N)Oc1ccc(Cl)cc1CCl. The smallest absolute Gasteiger partial charge is 0.181 e. The van der Waals surface area contributed by atoms with Crippen LogP contribution in [0.5, 0.6) is 5.75 Å². The van der Waals surface area contributed by atoms with Gasteiger partial charge in [-0.25, -0.2) is 0 Å². The van der Waals surface area contributed by atoms with E-state index in [1.165, 1.54) is 0 Å². The van der Waals surface area contributed by atoms with Gasteiger partial charge in [-0.05, 0) is 25.1 Å². The lowest BCUT2D eigenvalue weighted by Gasteiger charge is -2.11. The van der Waals surface area contributed by atoms with Crippen LogP contribution in [0.15, 0.2) is 18.2 Å². The van der Waals surface area contributed by atoms with Crippen LogP contribution in [0.1, 0.15) is 12.5 Å². The summed E-state index contributed by atoms with van der Waals surface area (Å²) in [6.45, 7) is 1.67. The lowest BCUT2D eigenvalue weighted by atomic mass is 10.2. The Morgan fingerprint density at radius 1 is 1.57 bits per heavy atom. The van der Waals surface area contributed by atoms with Gasteiger partial charge in [-0.15, -0.1) is 11.6 Å². The Hall–Kier alpha value is -0.910. The van der Waals surface area contributed by atoms with E-state index < -0.39 is 6.10 Å². The number of benzene rings is 1. The molecule has 4 heteroatoms. The first-order chi connectivity index (χ1) is 6.67. The topological polar surface area (TPSA) is 33.0 Å². The molecule has 0 spiro atoms. The first-order valence-corrected chi connectivity index (χ1v) is 4.99. The van der Waals surface area contributed by atoms with E-state index >= 15 is 0 Å². The predicted molar refractivity (Wildman–Crippen MR) is 56.7 cm³/mol. The third kappa shape index (κ3) is 2.80. The van der Waals surface area contributed by atoms with Crippen LogP contribution in [0.25, 0.3) is 0 Å². The minimum atomic E-state index is -0.488. The van der Waals surface area contributed by atoms with Gasteiger partial charge in [0.1, 0.15) is 11.8 Å². The molecule has 0 aliphatic rings. The van der Waals surface area contributed by atoms with Crippen LogP contribution in [0.3, 0.4) is 0 Å². The summed E-state index contributed by atoms with van der Waals surface area (Å²) >= 11 is 11.5. The second-order valence-electron chi connectivity index (χ2n) is 2.77. The number of ether oxygens (including phenoxy) is 1. The number of rotatable bonds is 3. The number of alkyl halides is 1. The molecule has 0 radical (unpaired) electrons. The van der Waals surface area contributed by atoms with Crippen LogP contribution in [0, 0.1) is 11.3 Å². The molecular weight excluding hydrogens is 221 g/mol. The molecule has 0 saturated heterocycles. The standard InChI is InChI=1S/C10H9Cl2NO/c1-7(6-13)14-10-3-2-9(12)4-8(10)5-11/h2-4,7H,5H2,1H3. The van der Waals surface area contributed by atoms with Crippen molar-refractivity contribution in [3.63, 3.8) is 0 Å². The summed E-state index contributed by atoms with van der Waals surface area (Å²) in [5, 5.41) is 9.19. The number of halogens is 2. The molecule has 0 fully saturated rings. The maximum atomic E-state index is 8.58. The third-order valence-corrected chi connectivity index (χ3v) is 2.18. The quantitative estimate of drug-likeness (QED) is 0.745. The Bertz CT molecular complexity index is 360. The van der Waals surface area contributed by atoms with E-state index in [4.69, 9.17) is 33.2 Å². The molecule has 0 amide bonds. The monoisotopic (exact) mass is 229 g/mol. The Labute approximate surface area is 93.0 Å². The predicted octanol–water partition coefficient (Wildman–Crippen LogP) is 3.37. The van der Waals surface area contributed by atoms with E-state index in [0.29, 0.717) is 16.7 Å². The summed E-state index contributed by atoms with van der Waals surface area (Å²) in [5.41, 5.74) is 0.793. The van der Waals surface area contributed by atoms with Crippen molar-refractivity contribution in [3.05, 3.63) is 28.8 Å². The highest BCUT2D eigenvalue weighted by molar-refractivity contribution is 6.30. The normalized spacial score (nSPS) is 11.9. The Morgan fingerprint density at radius 3 is 2.86 bits per heavy atom.